The van der Waals surface area contributed by atoms with Gasteiger partial charge in [0.15, 0.2) is 0 Å². The minimum atomic E-state index is -0.122. The van der Waals surface area contributed by atoms with Crippen LogP contribution in [-0.4, -0.2) is 65.5 Å². The molecule has 1 saturated heterocycles. The van der Waals surface area contributed by atoms with Crippen molar-refractivity contribution < 1.29 is 23.4 Å². The lowest BCUT2D eigenvalue weighted by atomic mass is 10.2. The summed E-state index contributed by atoms with van der Waals surface area (Å²) < 4.78 is 28.2. The Bertz CT molecular complexity index is 804. The van der Waals surface area contributed by atoms with E-state index in [1.54, 1.807) is 12.2 Å². The Morgan fingerprint density at radius 3 is 2.27 bits per heavy atom. The third kappa shape index (κ3) is 6.30. The molecule has 0 spiro atoms. The summed E-state index contributed by atoms with van der Waals surface area (Å²) in [7, 11) is 0. The van der Waals surface area contributed by atoms with Crippen molar-refractivity contribution in [2.45, 2.75) is 26.5 Å². The molecular formula is C21H28N4O5. The fraction of sp³-hybridized carbons (Fsp3) is 0.476. The number of furan rings is 1. The zero-order chi connectivity index (χ0) is 21.3. The van der Waals surface area contributed by atoms with E-state index < -0.39 is 0 Å². The third-order valence-electron chi connectivity index (χ3n) is 4.45. The lowest BCUT2D eigenvalue weighted by molar-refractivity contribution is -0.0532. The number of nitrogens with zero attached hydrogens (tertiary/aromatic N) is 4. The molecule has 30 heavy (non-hydrogen) atoms. The van der Waals surface area contributed by atoms with Crippen LogP contribution >= 0.6 is 0 Å². The minimum Gasteiger partial charge on any atom is -0.465 e. The van der Waals surface area contributed by atoms with Crippen LogP contribution in [0.25, 0.3) is 0 Å². The molecule has 3 rings (SSSR count). The molecule has 0 bridgehead atoms. The van der Waals surface area contributed by atoms with Crippen molar-refractivity contribution in [1.82, 2.24) is 19.9 Å². The second kappa shape index (κ2) is 10.7. The van der Waals surface area contributed by atoms with Crippen LogP contribution in [-0.2, 0) is 11.3 Å². The summed E-state index contributed by atoms with van der Waals surface area (Å²) in [4.78, 5) is 14.7. The molecule has 0 aromatic carbocycles. The molecule has 0 N–H and O–H groups in total. The molecule has 3 heterocycles. The normalized spacial score (nSPS) is 16.8. The van der Waals surface area contributed by atoms with E-state index in [1.807, 2.05) is 13.8 Å². The smallest absolute Gasteiger partial charge is 0.326 e. The summed E-state index contributed by atoms with van der Waals surface area (Å²) in [6, 6.07) is 2.40. The highest BCUT2D eigenvalue weighted by molar-refractivity contribution is 5.18. The van der Waals surface area contributed by atoms with E-state index in [4.69, 9.17) is 23.4 Å². The van der Waals surface area contributed by atoms with Gasteiger partial charge in [0.1, 0.15) is 37.4 Å². The second-order valence-electron chi connectivity index (χ2n) is 6.87. The Morgan fingerprint density at radius 1 is 1.07 bits per heavy atom. The number of ether oxygens (including phenoxy) is 4. The first-order valence-corrected chi connectivity index (χ1v) is 9.83. The van der Waals surface area contributed by atoms with Crippen LogP contribution in [0.1, 0.15) is 17.1 Å². The number of aromatic nitrogens is 3. The van der Waals surface area contributed by atoms with E-state index in [9.17, 15) is 0 Å². The van der Waals surface area contributed by atoms with Gasteiger partial charge in [0.25, 0.3) is 0 Å². The minimum absolute atomic E-state index is 0.105. The van der Waals surface area contributed by atoms with Gasteiger partial charge in [-0.1, -0.05) is 25.3 Å². The van der Waals surface area contributed by atoms with Crippen LogP contribution in [0.4, 0.5) is 0 Å². The summed E-state index contributed by atoms with van der Waals surface area (Å²) in [5.41, 5.74) is 1.16. The van der Waals surface area contributed by atoms with E-state index in [1.165, 1.54) is 0 Å². The highest BCUT2D eigenvalue weighted by atomic mass is 16.6. The average molecular weight is 416 g/mol. The molecule has 0 saturated carbocycles. The third-order valence-corrected chi connectivity index (χ3v) is 4.45. The lowest BCUT2D eigenvalue weighted by Crippen LogP contribution is -2.44. The quantitative estimate of drug-likeness (QED) is 0.512. The van der Waals surface area contributed by atoms with Crippen molar-refractivity contribution in [3.05, 3.63) is 48.5 Å². The Hall–Kier alpha value is -2.91. The van der Waals surface area contributed by atoms with Crippen molar-refractivity contribution >= 4 is 0 Å². The van der Waals surface area contributed by atoms with Gasteiger partial charge in [-0.3, -0.25) is 4.90 Å². The summed E-state index contributed by atoms with van der Waals surface area (Å²) in [6.45, 7) is 15.0. The molecule has 2 aromatic rings. The fourth-order valence-electron chi connectivity index (χ4n) is 2.92. The number of aryl methyl sites for hydroxylation is 2. The average Bonchev–Trinajstić information content (AvgIpc) is 3.06. The molecule has 1 atom stereocenters. The maximum Gasteiger partial charge on any atom is 0.326 e. The number of rotatable bonds is 11. The molecule has 162 valence electrons. The maximum atomic E-state index is 5.83. The summed E-state index contributed by atoms with van der Waals surface area (Å²) in [5, 5.41) is 0. The molecule has 0 aliphatic carbocycles. The van der Waals surface area contributed by atoms with Gasteiger partial charge in [-0.05, 0) is 25.5 Å². The predicted octanol–water partition coefficient (Wildman–Crippen LogP) is 2.49. The van der Waals surface area contributed by atoms with E-state index in [0.717, 1.165) is 30.2 Å². The highest BCUT2D eigenvalue weighted by Gasteiger charge is 2.23. The van der Waals surface area contributed by atoms with E-state index >= 15 is 0 Å². The molecule has 1 unspecified atom stereocenters. The molecule has 9 nitrogen and oxygen atoms in total. The Balaban J connectivity index is 1.57. The van der Waals surface area contributed by atoms with Gasteiger partial charge in [0.05, 0.1) is 13.2 Å². The van der Waals surface area contributed by atoms with Crippen molar-refractivity contribution in [1.29, 1.82) is 0 Å². The highest BCUT2D eigenvalue weighted by Crippen LogP contribution is 2.18. The molecule has 2 aromatic heterocycles. The van der Waals surface area contributed by atoms with Gasteiger partial charge in [0.2, 0.25) is 0 Å². The zero-order valence-electron chi connectivity index (χ0n) is 17.5. The van der Waals surface area contributed by atoms with Gasteiger partial charge < -0.3 is 23.4 Å². The van der Waals surface area contributed by atoms with Gasteiger partial charge in [0, 0.05) is 13.1 Å². The number of morpholine rings is 1. The van der Waals surface area contributed by atoms with Gasteiger partial charge in [-0.2, -0.15) is 0 Å². The summed E-state index contributed by atoms with van der Waals surface area (Å²) in [6.07, 6.45) is 3.07. The molecule has 0 radical (unpaired) electrons. The van der Waals surface area contributed by atoms with Gasteiger partial charge >= 0.3 is 18.0 Å². The standard InChI is InChI=1S/C21H28N4O5/c1-5-8-27-19-22-20(28-9-6-2)24-21(23-19)29-14-18-13-25(7-10-26-18)12-17-11-15(3)16(4)30-17/h5-6,11,18H,1-2,7-10,12-14H2,3-4H3. The second-order valence-corrected chi connectivity index (χ2v) is 6.87. The monoisotopic (exact) mass is 416 g/mol. The maximum absolute atomic E-state index is 5.83. The fourth-order valence-corrected chi connectivity index (χ4v) is 2.92. The van der Waals surface area contributed by atoms with Crippen LogP contribution in [0.2, 0.25) is 0 Å². The van der Waals surface area contributed by atoms with Gasteiger partial charge in [-0.15, -0.1) is 15.0 Å². The predicted molar refractivity (Wildman–Crippen MR) is 110 cm³/mol. The van der Waals surface area contributed by atoms with Crippen molar-refractivity contribution in [2.24, 2.45) is 0 Å². The van der Waals surface area contributed by atoms with E-state index in [-0.39, 0.29) is 37.3 Å². The zero-order valence-corrected chi connectivity index (χ0v) is 17.5. The first-order chi connectivity index (χ1) is 14.6. The topological polar surface area (TPSA) is 92.0 Å². The van der Waals surface area contributed by atoms with Crippen LogP contribution in [0.5, 0.6) is 18.0 Å². The molecule has 1 aliphatic heterocycles. The Labute approximate surface area is 176 Å². The van der Waals surface area contributed by atoms with E-state index in [2.05, 4.69) is 39.1 Å². The van der Waals surface area contributed by atoms with Gasteiger partial charge in [-0.25, -0.2) is 0 Å². The molecule has 9 heteroatoms. The van der Waals surface area contributed by atoms with Crippen LogP contribution in [0, 0.1) is 13.8 Å². The first-order valence-electron chi connectivity index (χ1n) is 9.83. The lowest BCUT2D eigenvalue weighted by Gasteiger charge is -2.31. The van der Waals surface area contributed by atoms with E-state index in [0.29, 0.717) is 19.8 Å². The molecule has 0 amide bonds. The van der Waals surface area contributed by atoms with Crippen LogP contribution < -0.4 is 14.2 Å². The molecule has 1 aliphatic rings. The number of hydrogen-bond donors (Lipinski definition) is 0. The van der Waals surface area contributed by atoms with Crippen LogP contribution in [0.3, 0.4) is 0 Å². The van der Waals surface area contributed by atoms with Crippen LogP contribution in [0.15, 0.2) is 35.8 Å². The molecular weight excluding hydrogens is 388 g/mol. The summed E-state index contributed by atoms with van der Waals surface area (Å²) in [5.74, 6) is 1.91. The summed E-state index contributed by atoms with van der Waals surface area (Å²) >= 11 is 0. The Kier molecular flexibility index (Phi) is 7.81. The van der Waals surface area contributed by atoms with Crippen molar-refractivity contribution in [3.8, 4) is 18.0 Å². The van der Waals surface area contributed by atoms with Crippen molar-refractivity contribution in [2.75, 3.05) is 39.5 Å². The van der Waals surface area contributed by atoms with Crippen molar-refractivity contribution in [3.63, 3.8) is 0 Å². The number of hydrogen-bond acceptors (Lipinski definition) is 9. The molecule has 1 fully saturated rings. The first kappa shape index (κ1) is 21.8. The Morgan fingerprint density at radius 2 is 1.70 bits per heavy atom. The SMILES string of the molecule is C=CCOc1nc(OCC=C)nc(OCC2CN(Cc3cc(C)c(C)o3)CCO2)n1. The largest absolute Gasteiger partial charge is 0.465 e.